The van der Waals surface area contributed by atoms with Gasteiger partial charge in [0, 0.05) is 5.69 Å². The zero-order valence-electron chi connectivity index (χ0n) is 13.2. The highest BCUT2D eigenvalue weighted by Crippen LogP contribution is 2.38. The van der Waals surface area contributed by atoms with Gasteiger partial charge in [-0.1, -0.05) is 6.07 Å². The number of nitrogens with two attached hydrogens (primary N) is 1. The molecule has 1 heterocycles. The predicted octanol–water partition coefficient (Wildman–Crippen LogP) is 3.00. The average Bonchev–Trinajstić information content (AvgIpc) is 2.75. The van der Waals surface area contributed by atoms with Crippen LogP contribution in [-0.2, 0) is 6.42 Å². The number of aryl methyl sites for hydroxylation is 2. The number of aromatic nitrogens is 2. The molecule has 0 fully saturated rings. The van der Waals surface area contributed by atoms with E-state index >= 15 is 0 Å². The summed E-state index contributed by atoms with van der Waals surface area (Å²) in [6.45, 7) is 6.31. The van der Waals surface area contributed by atoms with Crippen LogP contribution in [0.4, 0.5) is 0 Å². The van der Waals surface area contributed by atoms with Crippen LogP contribution in [0.3, 0.4) is 0 Å². The molecule has 0 spiro atoms. The number of benzene rings is 1. The number of nitrogens with zero attached hydrogens (tertiary/aromatic N) is 2. The standard InChI is InChI=1S/C17H23N3O/c1-10-11(2)19-20(12(10)3)16-8-6-13-5-7-14(21-4)9-15(13)17(16)18/h5,7,9,16-17H,6,8,18H2,1-4H3. The number of hydrogen-bond donors (Lipinski definition) is 1. The van der Waals surface area contributed by atoms with Gasteiger partial charge in [-0.25, -0.2) is 0 Å². The molecule has 1 aromatic carbocycles. The molecular weight excluding hydrogens is 262 g/mol. The summed E-state index contributed by atoms with van der Waals surface area (Å²) < 4.78 is 7.46. The van der Waals surface area contributed by atoms with Crippen molar-refractivity contribution in [2.75, 3.05) is 7.11 Å². The Hall–Kier alpha value is -1.81. The van der Waals surface area contributed by atoms with Gasteiger partial charge in [-0.15, -0.1) is 0 Å². The molecule has 0 radical (unpaired) electrons. The van der Waals surface area contributed by atoms with Crippen LogP contribution in [-0.4, -0.2) is 16.9 Å². The smallest absolute Gasteiger partial charge is 0.119 e. The van der Waals surface area contributed by atoms with Gasteiger partial charge < -0.3 is 10.5 Å². The molecule has 21 heavy (non-hydrogen) atoms. The fourth-order valence-electron chi connectivity index (χ4n) is 3.27. The van der Waals surface area contributed by atoms with E-state index in [1.165, 1.54) is 22.4 Å². The molecule has 2 N–H and O–H groups in total. The summed E-state index contributed by atoms with van der Waals surface area (Å²) in [5.41, 5.74) is 12.7. The minimum absolute atomic E-state index is 0.0405. The number of ether oxygens (including phenoxy) is 1. The predicted molar refractivity (Wildman–Crippen MR) is 83.7 cm³/mol. The maximum atomic E-state index is 6.56. The lowest BCUT2D eigenvalue weighted by Crippen LogP contribution is -2.31. The third kappa shape index (κ3) is 2.23. The van der Waals surface area contributed by atoms with Crippen molar-refractivity contribution in [2.45, 2.75) is 45.7 Å². The van der Waals surface area contributed by atoms with Gasteiger partial charge in [-0.3, -0.25) is 4.68 Å². The van der Waals surface area contributed by atoms with Crippen molar-refractivity contribution >= 4 is 0 Å². The lowest BCUT2D eigenvalue weighted by Gasteiger charge is -2.32. The monoisotopic (exact) mass is 285 g/mol. The largest absolute Gasteiger partial charge is 0.497 e. The first-order chi connectivity index (χ1) is 10.0. The Kier molecular flexibility index (Phi) is 3.49. The van der Waals surface area contributed by atoms with Gasteiger partial charge in [0.1, 0.15) is 5.75 Å². The van der Waals surface area contributed by atoms with E-state index < -0.39 is 0 Å². The minimum Gasteiger partial charge on any atom is -0.497 e. The minimum atomic E-state index is -0.0405. The molecule has 0 saturated heterocycles. The zero-order chi connectivity index (χ0) is 15.1. The maximum Gasteiger partial charge on any atom is 0.119 e. The van der Waals surface area contributed by atoms with Gasteiger partial charge in [0.05, 0.1) is 24.9 Å². The van der Waals surface area contributed by atoms with E-state index in [0.717, 1.165) is 24.3 Å². The average molecular weight is 285 g/mol. The van der Waals surface area contributed by atoms with Crippen LogP contribution in [0.25, 0.3) is 0 Å². The molecule has 3 rings (SSSR count). The van der Waals surface area contributed by atoms with Crippen molar-refractivity contribution in [2.24, 2.45) is 5.73 Å². The Morgan fingerprint density at radius 1 is 1.29 bits per heavy atom. The Morgan fingerprint density at radius 3 is 2.67 bits per heavy atom. The Balaban J connectivity index is 2.01. The van der Waals surface area contributed by atoms with Gasteiger partial charge in [0.25, 0.3) is 0 Å². The molecular formula is C17H23N3O. The van der Waals surface area contributed by atoms with Gasteiger partial charge >= 0.3 is 0 Å². The van der Waals surface area contributed by atoms with Crippen molar-refractivity contribution in [1.29, 1.82) is 0 Å². The molecule has 0 bridgehead atoms. The Morgan fingerprint density at radius 2 is 2.05 bits per heavy atom. The quantitative estimate of drug-likeness (QED) is 0.923. The molecule has 0 aliphatic heterocycles. The van der Waals surface area contributed by atoms with Crippen LogP contribution in [0.5, 0.6) is 5.75 Å². The lowest BCUT2D eigenvalue weighted by molar-refractivity contribution is 0.334. The van der Waals surface area contributed by atoms with E-state index in [-0.39, 0.29) is 12.1 Å². The molecule has 4 nitrogen and oxygen atoms in total. The van der Waals surface area contributed by atoms with E-state index in [1.54, 1.807) is 7.11 Å². The van der Waals surface area contributed by atoms with Crippen LogP contribution < -0.4 is 10.5 Å². The molecule has 1 aliphatic rings. The topological polar surface area (TPSA) is 53.1 Å². The normalized spacial score (nSPS) is 21.2. The van der Waals surface area contributed by atoms with Crippen LogP contribution in [0.15, 0.2) is 18.2 Å². The van der Waals surface area contributed by atoms with Crippen molar-refractivity contribution in [1.82, 2.24) is 9.78 Å². The Labute approximate surface area is 125 Å². The van der Waals surface area contributed by atoms with Crippen molar-refractivity contribution < 1.29 is 4.74 Å². The summed E-state index contributed by atoms with van der Waals surface area (Å²) >= 11 is 0. The number of rotatable bonds is 2. The summed E-state index contributed by atoms with van der Waals surface area (Å²) in [5, 5.41) is 4.70. The van der Waals surface area contributed by atoms with Crippen LogP contribution >= 0.6 is 0 Å². The highest BCUT2D eigenvalue weighted by atomic mass is 16.5. The van der Waals surface area contributed by atoms with Crippen molar-refractivity contribution in [3.8, 4) is 5.75 Å². The van der Waals surface area contributed by atoms with E-state index in [9.17, 15) is 0 Å². The van der Waals surface area contributed by atoms with Crippen molar-refractivity contribution in [3.05, 3.63) is 46.3 Å². The highest BCUT2D eigenvalue weighted by molar-refractivity contribution is 5.40. The highest BCUT2D eigenvalue weighted by Gasteiger charge is 2.30. The third-order valence-corrected chi connectivity index (χ3v) is 4.84. The van der Waals surface area contributed by atoms with E-state index in [1.807, 2.05) is 6.07 Å². The molecule has 2 aromatic rings. The van der Waals surface area contributed by atoms with E-state index in [0.29, 0.717) is 0 Å². The first kappa shape index (κ1) is 14.1. The van der Waals surface area contributed by atoms with Crippen LogP contribution in [0.2, 0.25) is 0 Å². The number of methoxy groups -OCH3 is 1. The molecule has 0 saturated carbocycles. The second-order valence-electron chi connectivity index (χ2n) is 5.94. The molecule has 2 atom stereocenters. The molecule has 1 aromatic heterocycles. The first-order valence-corrected chi connectivity index (χ1v) is 7.47. The molecule has 0 amide bonds. The van der Waals surface area contributed by atoms with Gasteiger partial charge in [-0.05, 0) is 62.4 Å². The molecule has 2 unspecified atom stereocenters. The fraction of sp³-hybridized carbons (Fsp3) is 0.471. The summed E-state index contributed by atoms with van der Waals surface area (Å²) in [7, 11) is 1.69. The van der Waals surface area contributed by atoms with Gasteiger partial charge in [0.2, 0.25) is 0 Å². The maximum absolute atomic E-state index is 6.56. The first-order valence-electron chi connectivity index (χ1n) is 7.47. The third-order valence-electron chi connectivity index (χ3n) is 4.84. The molecule has 1 aliphatic carbocycles. The molecule has 4 heteroatoms. The summed E-state index contributed by atoms with van der Waals surface area (Å²) in [6, 6.07) is 6.40. The lowest BCUT2D eigenvalue weighted by atomic mass is 9.84. The summed E-state index contributed by atoms with van der Waals surface area (Å²) in [4.78, 5) is 0. The van der Waals surface area contributed by atoms with E-state index in [2.05, 4.69) is 37.6 Å². The zero-order valence-corrected chi connectivity index (χ0v) is 13.2. The summed E-state index contributed by atoms with van der Waals surface area (Å²) in [6.07, 6.45) is 2.07. The number of fused-ring (bicyclic) bond motifs is 1. The van der Waals surface area contributed by atoms with Gasteiger partial charge in [-0.2, -0.15) is 5.10 Å². The SMILES string of the molecule is COc1ccc2c(c1)C(N)C(n1nc(C)c(C)c1C)CC2. The fourth-order valence-corrected chi connectivity index (χ4v) is 3.27. The van der Waals surface area contributed by atoms with E-state index in [4.69, 9.17) is 15.6 Å². The van der Waals surface area contributed by atoms with Crippen LogP contribution in [0, 0.1) is 20.8 Å². The Bertz CT molecular complexity index is 675. The molecule has 112 valence electrons. The second-order valence-corrected chi connectivity index (χ2v) is 5.94. The van der Waals surface area contributed by atoms with Crippen molar-refractivity contribution in [3.63, 3.8) is 0 Å². The second kappa shape index (κ2) is 5.19. The van der Waals surface area contributed by atoms with Gasteiger partial charge in [0.15, 0.2) is 0 Å². The number of hydrogen-bond acceptors (Lipinski definition) is 3. The van der Waals surface area contributed by atoms with Crippen LogP contribution in [0.1, 0.15) is 46.6 Å². The summed E-state index contributed by atoms with van der Waals surface area (Å²) in [5.74, 6) is 0.870.